The zero-order valence-corrected chi connectivity index (χ0v) is 11.4. The van der Waals surface area contributed by atoms with E-state index in [2.05, 4.69) is 4.98 Å². The van der Waals surface area contributed by atoms with Crippen molar-refractivity contribution in [1.82, 2.24) is 9.38 Å². The summed E-state index contributed by atoms with van der Waals surface area (Å²) >= 11 is 6.02. The van der Waals surface area contributed by atoms with Crippen LogP contribution in [0.5, 0.6) is 0 Å². The van der Waals surface area contributed by atoms with Gasteiger partial charge in [-0.2, -0.15) is 0 Å². The van der Waals surface area contributed by atoms with Crippen LogP contribution in [-0.4, -0.2) is 21.0 Å². The van der Waals surface area contributed by atoms with Gasteiger partial charge in [-0.25, -0.2) is 4.98 Å². The lowest BCUT2D eigenvalue weighted by atomic mass is 10.2. The van der Waals surface area contributed by atoms with E-state index in [1.165, 1.54) is 0 Å². The van der Waals surface area contributed by atoms with E-state index in [4.69, 9.17) is 16.3 Å². The number of imidazole rings is 1. The van der Waals surface area contributed by atoms with Crippen LogP contribution < -0.4 is 0 Å². The molecule has 0 spiro atoms. The molecule has 96 valence electrons. The molecular formula is C13H15ClN2O2. The first-order chi connectivity index (χ1) is 8.35. The normalized spacial score (nSPS) is 11.8. The van der Waals surface area contributed by atoms with Gasteiger partial charge in [0.2, 0.25) is 0 Å². The molecule has 0 aromatic carbocycles. The maximum atomic E-state index is 11.7. The summed E-state index contributed by atoms with van der Waals surface area (Å²) in [5.74, 6) is -0.290. The van der Waals surface area contributed by atoms with Crippen LogP contribution in [0.2, 0.25) is 5.15 Å². The van der Waals surface area contributed by atoms with Gasteiger partial charge in [-0.3, -0.25) is 9.20 Å². The molecule has 4 nitrogen and oxygen atoms in total. The predicted molar refractivity (Wildman–Crippen MR) is 69.8 cm³/mol. The fourth-order valence-corrected chi connectivity index (χ4v) is 1.85. The number of aromatic nitrogens is 2. The largest absolute Gasteiger partial charge is 0.460 e. The number of hydrogen-bond acceptors (Lipinski definition) is 3. The molecule has 2 heterocycles. The number of carbonyl (C=O) groups is 1. The average Bonchev–Trinajstić information content (AvgIpc) is 2.58. The second kappa shape index (κ2) is 4.61. The first kappa shape index (κ1) is 12.9. The summed E-state index contributed by atoms with van der Waals surface area (Å²) in [6.07, 6.45) is 1.90. The van der Waals surface area contributed by atoms with E-state index in [1.54, 1.807) is 16.7 Å². The van der Waals surface area contributed by atoms with Crippen molar-refractivity contribution in [2.75, 3.05) is 0 Å². The van der Waals surface area contributed by atoms with Gasteiger partial charge < -0.3 is 4.74 Å². The second-order valence-corrected chi connectivity index (χ2v) is 5.46. The molecule has 0 saturated heterocycles. The monoisotopic (exact) mass is 266 g/mol. The Morgan fingerprint density at radius 2 is 2.17 bits per heavy atom. The van der Waals surface area contributed by atoms with Crippen molar-refractivity contribution in [2.45, 2.75) is 32.8 Å². The molecule has 5 heteroatoms. The maximum absolute atomic E-state index is 11.7. The molecule has 0 N–H and O–H groups in total. The van der Waals surface area contributed by atoms with E-state index < -0.39 is 5.60 Å². The SMILES string of the molecule is CC(C)(C)OC(=O)Cc1cn2c(Cl)cccc2n1. The van der Waals surface area contributed by atoms with E-state index in [1.807, 2.05) is 32.9 Å². The van der Waals surface area contributed by atoms with Crippen LogP contribution in [0.1, 0.15) is 26.5 Å². The minimum atomic E-state index is -0.478. The molecule has 0 aliphatic rings. The highest BCUT2D eigenvalue weighted by molar-refractivity contribution is 6.29. The van der Waals surface area contributed by atoms with Crippen LogP contribution in [-0.2, 0) is 16.0 Å². The summed E-state index contributed by atoms with van der Waals surface area (Å²) in [5.41, 5.74) is 0.895. The van der Waals surface area contributed by atoms with Crippen molar-refractivity contribution in [1.29, 1.82) is 0 Å². The third-order valence-corrected chi connectivity index (χ3v) is 2.55. The zero-order chi connectivity index (χ0) is 13.3. The number of ether oxygens (including phenoxy) is 1. The number of carbonyl (C=O) groups excluding carboxylic acids is 1. The van der Waals surface area contributed by atoms with E-state index >= 15 is 0 Å². The maximum Gasteiger partial charge on any atom is 0.312 e. The van der Waals surface area contributed by atoms with Gasteiger partial charge in [0.25, 0.3) is 0 Å². The smallest absolute Gasteiger partial charge is 0.312 e. The first-order valence-corrected chi connectivity index (χ1v) is 6.07. The Morgan fingerprint density at radius 1 is 1.44 bits per heavy atom. The van der Waals surface area contributed by atoms with Gasteiger partial charge in [0, 0.05) is 6.20 Å². The van der Waals surface area contributed by atoms with Crippen LogP contribution in [0.25, 0.3) is 5.65 Å². The average molecular weight is 267 g/mol. The van der Waals surface area contributed by atoms with Gasteiger partial charge in [0.1, 0.15) is 16.4 Å². The highest BCUT2D eigenvalue weighted by Gasteiger charge is 2.17. The number of pyridine rings is 1. The molecule has 0 aliphatic carbocycles. The molecule has 18 heavy (non-hydrogen) atoms. The lowest BCUT2D eigenvalue weighted by Crippen LogP contribution is -2.24. The molecule has 0 radical (unpaired) electrons. The van der Waals surface area contributed by atoms with Gasteiger partial charge in [0.15, 0.2) is 0 Å². The number of hydrogen-bond donors (Lipinski definition) is 0. The first-order valence-electron chi connectivity index (χ1n) is 5.69. The number of esters is 1. The third-order valence-electron chi connectivity index (χ3n) is 2.24. The fourth-order valence-electron chi connectivity index (χ4n) is 1.64. The van der Waals surface area contributed by atoms with Crippen molar-refractivity contribution in [3.63, 3.8) is 0 Å². The lowest BCUT2D eigenvalue weighted by Gasteiger charge is -2.18. The molecule has 0 saturated carbocycles. The van der Waals surface area contributed by atoms with Crippen molar-refractivity contribution >= 4 is 23.2 Å². The number of fused-ring (bicyclic) bond motifs is 1. The minimum Gasteiger partial charge on any atom is -0.460 e. The van der Waals surface area contributed by atoms with E-state index in [0.29, 0.717) is 10.8 Å². The molecule has 0 bridgehead atoms. The molecule has 0 aliphatic heterocycles. The second-order valence-electron chi connectivity index (χ2n) is 5.07. The fraction of sp³-hybridized carbons (Fsp3) is 0.385. The van der Waals surface area contributed by atoms with Crippen molar-refractivity contribution in [3.8, 4) is 0 Å². The minimum absolute atomic E-state index is 0.148. The Morgan fingerprint density at radius 3 is 2.78 bits per heavy atom. The Hall–Kier alpha value is -1.55. The highest BCUT2D eigenvalue weighted by atomic mass is 35.5. The highest BCUT2D eigenvalue weighted by Crippen LogP contribution is 2.15. The number of halogens is 1. The van der Waals surface area contributed by atoms with Gasteiger partial charge in [-0.05, 0) is 32.9 Å². The standard InChI is InChI=1S/C13H15ClN2O2/c1-13(2,3)18-12(17)7-9-8-16-10(14)5-4-6-11(16)15-9/h4-6,8H,7H2,1-3H3. The summed E-state index contributed by atoms with van der Waals surface area (Å²) in [6, 6.07) is 5.43. The van der Waals surface area contributed by atoms with E-state index in [-0.39, 0.29) is 12.4 Å². The summed E-state index contributed by atoms with van der Waals surface area (Å²) in [6.45, 7) is 5.52. The summed E-state index contributed by atoms with van der Waals surface area (Å²) in [4.78, 5) is 16.0. The van der Waals surface area contributed by atoms with Crippen LogP contribution >= 0.6 is 11.6 Å². The van der Waals surface area contributed by atoms with Gasteiger partial charge in [0.05, 0.1) is 12.1 Å². The topological polar surface area (TPSA) is 43.6 Å². The van der Waals surface area contributed by atoms with Gasteiger partial charge in [-0.1, -0.05) is 17.7 Å². The quantitative estimate of drug-likeness (QED) is 0.620. The molecule has 0 atom stereocenters. The Labute approximate surface area is 111 Å². The number of nitrogens with zero attached hydrogens (tertiary/aromatic N) is 2. The predicted octanol–water partition coefficient (Wildman–Crippen LogP) is 2.87. The molecular weight excluding hydrogens is 252 g/mol. The molecule has 2 aromatic heterocycles. The van der Waals surface area contributed by atoms with Crippen molar-refractivity contribution in [2.24, 2.45) is 0 Å². The van der Waals surface area contributed by atoms with Gasteiger partial charge in [-0.15, -0.1) is 0 Å². The lowest BCUT2D eigenvalue weighted by molar-refractivity contribution is -0.153. The third kappa shape index (κ3) is 3.01. The van der Waals surface area contributed by atoms with Crippen LogP contribution in [0.4, 0.5) is 0 Å². The molecule has 2 aromatic rings. The molecule has 2 rings (SSSR count). The molecule has 0 fully saturated rings. The van der Waals surface area contributed by atoms with E-state index in [0.717, 1.165) is 5.65 Å². The van der Waals surface area contributed by atoms with Crippen LogP contribution in [0, 0.1) is 0 Å². The summed E-state index contributed by atoms with van der Waals surface area (Å²) < 4.78 is 6.98. The Kier molecular flexibility index (Phi) is 3.30. The molecule has 0 unspecified atom stereocenters. The van der Waals surface area contributed by atoms with Crippen molar-refractivity contribution in [3.05, 3.63) is 35.2 Å². The Balaban J connectivity index is 2.18. The summed E-state index contributed by atoms with van der Waals surface area (Å²) in [7, 11) is 0. The van der Waals surface area contributed by atoms with Gasteiger partial charge >= 0.3 is 5.97 Å². The Bertz CT molecular complexity index is 584. The van der Waals surface area contributed by atoms with E-state index in [9.17, 15) is 4.79 Å². The van der Waals surface area contributed by atoms with Crippen LogP contribution in [0.3, 0.4) is 0 Å². The summed E-state index contributed by atoms with van der Waals surface area (Å²) in [5, 5.41) is 0.565. The van der Waals surface area contributed by atoms with Crippen LogP contribution in [0.15, 0.2) is 24.4 Å². The zero-order valence-electron chi connectivity index (χ0n) is 10.6. The molecule has 0 amide bonds. The van der Waals surface area contributed by atoms with Crippen molar-refractivity contribution < 1.29 is 9.53 Å². The number of rotatable bonds is 2.